The summed E-state index contributed by atoms with van der Waals surface area (Å²) in [4.78, 5) is 14.5. The van der Waals surface area contributed by atoms with E-state index in [0.29, 0.717) is 0 Å². The van der Waals surface area contributed by atoms with Crippen molar-refractivity contribution in [2.75, 3.05) is 26.7 Å². The lowest BCUT2D eigenvalue weighted by Crippen LogP contribution is -2.53. The van der Waals surface area contributed by atoms with E-state index in [9.17, 15) is 4.79 Å². The van der Waals surface area contributed by atoms with Gasteiger partial charge < -0.3 is 5.32 Å². The second kappa shape index (κ2) is 4.76. The maximum Gasteiger partial charge on any atom is 0.181 e. The number of likely N-dealkylation sites (N-methyl/N-ethyl adjacent to an activating group) is 1. The molecule has 16 heavy (non-hydrogen) atoms. The van der Waals surface area contributed by atoms with Crippen LogP contribution >= 0.6 is 0 Å². The first kappa shape index (κ1) is 11.3. The second-order valence-electron chi connectivity index (χ2n) is 4.38. The van der Waals surface area contributed by atoms with Crippen molar-refractivity contribution in [1.82, 2.24) is 10.2 Å². The Kier molecular flexibility index (Phi) is 3.36. The summed E-state index contributed by atoms with van der Waals surface area (Å²) >= 11 is 0. The molecule has 0 bridgehead atoms. The number of nitrogens with zero attached hydrogens (tertiary/aromatic N) is 1. The van der Waals surface area contributed by atoms with E-state index >= 15 is 0 Å². The van der Waals surface area contributed by atoms with Gasteiger partial charge in [0.05, 0.1) is 6.04 Å². The van der Waals surface area contributed by atoms with Crippen molar-refractivity contribution in [2.24, 2.45) is 0 Å². The molecular weight excluding hydrogens is 200 g/mol. The third-order valence-electron chi connectivity index (χ3n) is 3.22. The van der Waals surface area contributed by atoms with Crippen LogP contribution in [-0.4, -0.2) is 43.4 Å². The molecule has 1 atom stereocenters. The first-order valence-corrected chi connectivity index (χ1v) is 5.71. The molecule has 1 heterocycles. The summed E-state index contributed by atoms with van der Waals surface area (Å²) in [5.74, 6) is 0.229. The van der Waals surface area contributed by atoms with Gasteiger partial charge in [-0.3, -0.25) is 9.69 Å². The van der Waals surface area contributed by atoms with Gasteiger partial charge in [-0.1, -0.05) is 24.3 Å². The van der Waals surface area contributed by atoms with Crippen molar-refractivity contribution in [3.05, 3.63) is 35.4 Å². The van der Waals surface area contributed by atoms with Gasteiger partial charge in [0, 0.05) is 25.2 Å². The average molecular weight is 218 g/mol. The Morgan fingerprint density at radius 2 is 2.19 bits per heavy atom. The number of hydrogen-bond donors (Lipinski definition) is 1. The van der Waals surface area contributed by atoms with E-state index in [2.05, 4.69) is 10.2 Å². The number of rotatable bonds is 2. The summed E-state index contributed by atoms with van der Waals surface area (Å²) in [7, 11) is 2.02. The summed E-state index contributed by atoms with van der Waals surface area (Å²) in [6, 6.07) is 7.78. The fourth-order valence-electron chi connectivity index (χ4n) is 2.13. The minimum Gasteiger partial charge on any atom is -0.313 e. The number of aryl methyl sites for hydroxylation is 1. The first-order chi connectivity index (χ1) is 7.70. The summed E-state index contributed by atoms with van der Waals surface area (Å²) in [6.45, 7) is 4.64. The van der Waals surface area contributed by atoms with Crippen LogP contribution in [0.15, 0.2) is 24.3 Å². The van der Waals surface area contributed by atoms with E-state index in [4.69, 9.17) is 0 Å². The van der Waals surface area contributed by atoms with Gasteiger partial charge in [0.15, 0.2) is 5.78 Å². The standard InChI is InChI=1S/C13H18N2O/c1-10-5-3-4-6-11(10)13(16)12-9-14-7-8-15(12)2/h3-6,12,14H,7-9H2,1-2H3. The minimum absolute atomic E-state index is 0.0187. The molecule has 86 valence electrons. The molecule has 0 amide bonds. The zero-order valence-electron chi connectivity index (χ0n) is 9.86. The lowest BCUT2D eigenvalue weighted by Gasteiger charge is -2.32. The molecule has 1 aromatic rings. The van der Waals surface area contributed by atoms with E-state index in [1.807, 2.05) is 38.2 Å². The molecule has 1 N–H and O–H groups in total. The van der Waals surface area contributed by atoms with Gasteiger partial charge in [0.25, 0.3) is 0 Å². The van der Waals surface area contributed by atoms with E-state index in [1.165, 1.54) is 0 Å². The molecule has 0 radical (unpaired) electrons. The van der Waals surface area contributed by atoms with Crippen LogP contribution < -0.4 is 5.32 Å². The quantitative estimate of drug-likeness (QED) is 0.754. The highest BCUT2D eigenvalue weighted by molar-refractivity contribution is 6.01. The Morgan fingerprint density at radius 3 is 2.88 bits per heavy atom. The molecule has 2 rings (SSSR count). The molecule has 1 saturated heterocycles. The molecule has 1 aliphatic rings. The molecule has 1 fully saturated rings. The number of ketones is 1. The van der Waals surface area contributed by atoms with E-state index in [-0.39, 0.29) is 11.8 Å². The van der Waals surface area contributed by atoms with E-state index in [1.54, 1.807) is 0 Å². The third-order valence-corrected chi connectivity index (χ3v) is 3.22. The van der Waals surface area contributed by atoms with Crippen molar-refractivity contribution in [3.8, 4) is 0 Å². The maximum absolute atomic E-state index is 12.3. The molecule has 0 aliphatic carbocycles. The molecule has 0 aromatic heterocycles. The fourth-order valence-corrected chi connectivity index (χ4v) is 2.13. The van der Waals surface area contributed by atoms with Crippen LogP contribution in [0, 0.1) is 6.92 Å². The normalized spacial score (nSPS) is 22.0. The number of benzene rings is 1. The van der Waals surface area contributed by atoms with Crippen molar-refractivity contribution in [1.29, 1.82) is 0 Å². The number of nitrogens with one attached hydrogen (secondary N) is 1. The third kappa shape index (κ3) is 2.15. The molecular formula is C13H18N2O. The van der Waals surface area contributed by atoms with Crippen LogP contribution in [0.5, 0.6) is 0 Å². The Morgan fingerprint density at radius 1 is 1.44 bits per heavy atom. The molecule has 3 nitrogen and oxygen atoms in total. The minimum atomic E-state index is -0.0187. The summed E-state index contributed by atoms with van der Waals surface area (Å²) < 4.78 is 0. The Labute approximate surface area is 96.5 Å². The molecule has 1 unspecified atom stereocenters. The molecule has 1 aliphatic heterocycles. The number of hydrogen-bond acceptors (Lipinski definition) is 3. The smallest absolute Gasteiger partial charge is 0.181 e. The van der Waals surface area contributed by atoms with Gasteiger partial charge in [-0.25, -0.2) is 0 Å². The van der Waals surface area contributed by atoms with Crippen LogP contribution in [0.2, 0.25) is 0 Å². The van der Waals surface area contributed by atoms with Crippen LogP contribution in [-0.2, 0) is 0 Å². The topological polar surface area (TPSA) is 32.3 Å². The highest BCUT2D eigenvalue weighted by atomic mass is 16.1. The largest absolute Gasteiger partial charge is 0.313 e. The van der Waals surface area contributed by atoms with Gasteiger partial charge in [-0.15, -0.1) is 0 Å². The van der Waals surface area contributed by atoms with Gasteiger partial charge in [0.1, 0.15) is 0 Å². The number of Topliss-reactive ketones (excluding diaryl/α,β-unsaturated/α-hetero) is 1. The lowest BCUT2D eigenvalue weighted by atomic mass is 9.98. The van der Waals surface area contributed by atoms with Crippen LogP contribution in [0.3, 0.4) is 0 Å². The maximum atomic E-state index is 12.3. The van der Waals surface area contributed by atoms with Crippen molar-refractivity contribution in [2.45, 2.75) is 13.0 Å². The highest BCUT2D eigenvalue weighted by Crippen LogP contribution is 2.13. The first-order valence-electron chi connectivity index (χ1n) is 5.71. The summed E-state index contributed by atoms with van der Waals surface area (Å²) in [5.41, 5.74) is 1.91. The van der Waals surface area contributed by atoms with Crippen LogP contribution in [0.1, 0.15) is 15.9 Å². The Bertz CT molecular complexity index is 389. The summed E-state index contributed by atoms with van der Waals surface area (Å²) in [5, 5.41) is 3.27. The van der Waals surface area contributed by atoms with Crippen LogP contribution in [0.25, 0.3) is 0 Å². The highest BCUT2D eigenvalue weighted by Gasteiger charge is 2.27. The predicted molar refractivity (Wildman–Crippen MR) is 64.8 cm³/mol. The van der Waals surface area contributed by atoms with Gasteiger partial charge in [0.2, 0.25) is 0 Å². The van der Waals surface area contributed by atoms with E-state index in [0.717, 1.165) is 30.8 Å². The molecule has 3 heteroatoms. The second-order valence-corrected chi connectivity index (χ2v) is 4.38. The lowest BCUT2D eigenvalue weighted by molar-refractivity contribution is 0.0818. The fraction of sp³-hybridized carbons (Fsp3) is 0.462. The zero-order valence-corrected chi connectivity index (χ0v) is 9.86. The molecule has 0 spiro atoms. The summed E-state index contributed by atoms with van der Waals surface area (Å²) in [6.07, 6.45) is 0. The zero-order chi connectivity index (χ0) is 11.5. The SMILES string of the molecule is Cc1ccccc1C(=O)C1CNCCN1C. The van der Waals surface area contributed by atoms with Crippen molar-refractivity contribution >= 4 is 5.78 Å². The molecule has 0 saturated carbocycles. The average Bonchev–Trinajstić information content (AvgIpc) is 2.29. The Hall–Kier alpha value is -1.19. The van der Waals surface area contributed by atoms with Gasteiger partial charge in [-0.05, 0) is 19.5 Å². The number of carbonyl (C=O) groups is 1. The van der Waals surface area contributed by atoms with Crippen LogP contribution in [0.4, 0.5) is 0 Å². The van der Waals surface area contributed by atoms with E-state index < -0.39 is 0 Å². The van der Waals surface area contributed by atoms with Gasteiger partial charge in [-0.2, -0.15) is 0 Å². The monoisotopic (exact) mass is 218 g/mol. The number of carbonyl (C=O) groups excluding carboxylic acids is 1. The van der Waals surface area contributed by atoms with Gasteiger partial charge >= 0.3 is 0 Å². The number of piperazine rings is 1. The Balaban J connectivity index is 2.21. The predicted octanol–water partition coefficient (Wildman–Crippen LogP) is 1.08. The van der Waals surface area contributed by atoms with Crippen molar-refractivity contribution in [3.63, 3.8) is 0 Å². The van der Waals surface area contributed by atoms with Crippen molar-refractivity contribution < 1.29 is 4.79 Å². The molecule has 1 aromatic carbocycles.